The second-order valence-electron chi connectivity index (χ2n) is 5.57. The highest BCUT2D eigenvalue weighted by molar-refractivity contribution is 9.10. The molecule has 0 saturated carbocycles. The highest BCUT2D eigenvalue weighted by Gasteiger charge is 2.21. The fourth-order valence-electron chi connectivity index (χ4n) is 2.22. The Morgan fingerprint density at radius 1 is 1.29 bits per heavy atom. The lowest BCUT2D eigenvalue weighted by atomic mass is 10.0. The molecule has 0 aromatic heterocycles. The van der Waals surface area contributed by atoms with Gasteiger partial charge in [-0.15, -0.1) is 0 Å². The standard InChI is InChI=1S/C15H25BrN2O2S/c1-5-11(2)8-12(3)18-21(19,20)15-7-6-13(10-17-4)9-14(15)16/h6-7,9,11-12,17-18H,5,8,10H2,1-4H3. The second kappa shape index (κ2) is 8.27. The van der Waals surface area contributed by atoms with Crippen LogP contribution in [0.5, 0.6) is 0 Å². The van der Waals surface area contributed by atoms with E-state index < -0.39 is 10.0 Å². The first-order valence-corrected chi connectivity index (χ1v) is 9.53. The van der Waals surface area contributed by atoms with Gasteiger partial charge in [-0.1, -0.05) is 26.3 Å². The topological polar surface area (TPSA) is 58.2 Å². The third-order valence-corrected chi connectivity index (χ3v) is 6.04. The lowest BCUT2D eigenvalue weighted by Gasteiger charge is -2.18. The molecule has 6 heteroatoms. The third kappa shape index (κ3) is 5.70. The third-order valence-electron chi connectivity index (χ3n) is 3.48. The van der Waals surface area contributed by atoms with Crippen molar-refractivity contribution in [3.63, 3.8) is 0 Å². The van der Waals surface area contributed by atoms with Gasteiger partial charge in [0.2, 0.25) is 10.0 Å². The summed E-state index contributed by atoms with van der Waals surface area (Å²) in [5, 5.41) is 3.04. The van der Waals surface area contributed by atoms with Gasteiger partial charge >= 0.3 is 0 Å². The molecular formula is C15H25BrN2O2S. The SMILES string of the molecule is CCC(C)CC(C)NS(=O)(=O)c1ccc(CNC)cc1Br. The molecule has 120 valence electrons. The van der Waals surface area contributed by atoms with Crippen molar-refractivity contribution in [1.82, 2.24) is 10.0 Å². The molecule has 0 heterocycles. The minimum absolute atomic E-state index is 0.0752. The molecule has 0 amide bonds. The Bertz CT molecular complexity index is 561. The van der Waals surface area contributed by atoms with Crippen LogP contribution in [0.15, 0.2) is 27.6 Å². The molecule has 2 unspecified atom stereocenters. The maximum absolute atomic E-state index is 12.4. The summed E-state index contributed by atoms with van der Waals surface area (Å²) in [4.78, 5) is 0.290. The molecule has 2 atom stereocenters. The number of hydrogen-bond acceptors (Lipinski definition) is 3. The molecule has 0 aliphatic rings. The van der Waals surface area contributed by atoms with Crippen LogP contribution in [0.2, 0.25) is 0 Å². The molecule has 0 aliphatic heterocycles. The van der Waals surface area contributed by atoms with Crippen molar-refractivity contribution in [1.29, 1.82) is 0 Å². The summed E-state index contributed by atoms with van der Waals surface area (Å²) in [7, 11) is -1.64. The molecule has 0 bridgehead atoms. The van der Waals surface area contributed by atoms with Crippen LogP contribution < -0.4 is 10.0 Å². The summed E-state index contributed by atoms with van der Waals surface area (Å²) in [6.07, 6.45) is 1.89. The first kappa shape index (κ1) is 18.6. The molecule has 4 nitrogen and oxygen atoms in total. The van der Waals surface area contributed by atoms with E-state index in [2.05, 4.69) is 39.8 Å². The normalized spacial score (nSPS) is 14.9. The Morgan fingerprint density at radius 2 is 1.95 bits per heavy atom. The zero-order chi connectivity index (χ0) is 16.0. The Hall–Kier alpha value is -0.430. The minimum atomic E-state index is -3.49. The van der Waals surface area contributed by atoms with E-state index in [0.717, 1.165) is 18.4 Å². The Morgan fingerprint density at radius 3 is 2.48 bits per heavy atom. The highest BCUT2D eigenvalue weighted by atomic mass is 79.9. The molecule has 2 N–H and O–H groups in total. The molecule has 0 spiro atoms. The van der Waals surface area contributed by atoms with E-state index in [-0.39, 0.29) is 6.04 Å². The van der Waals surface area contributed by atoms with Crippen LogP contribution in [0, 0.1) is 5.92 Å². The zero-order valence-electron chi connectivity index (χ0n) is 13.1. The van der Waals surface area contributed by atoms with Gasteiger partial charge in [-0.25, -0.2) is 13.1 Å². The summed E-state index contributed by atoms with van der Waals surface area (Å²) in [6.45, 7) is 6.86. The van der Waals surface area contributed by atoms with Crippen LogP contribution in [-0.4, -0.2) is 21.5 Å². The van der Waals surface area contributed by atoms with Gasteiger partial charge in [-0.05, 0) is 59.9 Å². The van der Waals surface area contributed by atoms with Crippen LogP contribution >= 0.6 is 15.9 Å². The van der Waals surface area contributed by atoms with Crippen LogP contribution in [0.1, 0.15) is 39.2 Å². The van der Waals surface area contributed by atoms with Gasteiger partial charge in [0.05, 0.1) is 4.90 Å². The lowest BCUT2D eigenvalue weighted by molar-refractivity contribution is 0.445. The summed E-state index contributed by atoms with van der Waals surface area (Å²) in [5.74, 6) is 0.504. The Kier molecular flexibility index (Phi) is 7.33. The fraction of sp³-hybridized carbons (Fsp3) is 0.600. The van der Waals surface area contributed by atoms with Gasteiger partial charge in [0.15, 0.2) is 0 Å². The van der Waals surface area contributed by atoms with Gasteiger partial charge < -0.3 is 5.32 Å². The summed E-state index contributed by atoms with van der Waals surface area (Å²) < 4.78 is 28.2. The van der Waals surface area contributed by atoms with Gasteiger partial charge in [-0.3, -0.25) is 0 Å². The van der Waals surface area contributed by atoms with Crippen molar-refractivity contribution in [2.45, 2.75) is 51.1 Å². The maximum Gasteiger partial charge on any atom is 0.241 e. The van der Waals surface area contributed by atoms with Gasteiger partial charge in [0, 0.05) is 17.1 Å². The molecule has 0 aliphatic carbocycles. The number of sulfonamides is 1. The summed E-state index contributed by atoms with van der Waals surface area (Å²) >= 11 is 3.36. The van der Waals surface area contributed by atoms with Crippen LogP contribution in [0.3, 0.4) is 0 Å². The number of nitrogens with one attached hydrogen (secondary N) is 2. The average Bonchev–Trinajstić information content (AvgIpc) is 2.37. The monoisotopic (exact) mass is 376 g/mol. The summed E-state index contributed by atoms with van der Waals surface area (Å²) in [6, 6.07) is 5.24. The van der Waals surface area contributed by atoms with Crippen LogP contribution in [0.25, 0.3) is 0 Å². The van der Waals surface area contributed by atoms with Gasteiger partial charge in [0.1, 0.15) is 0 Å². The number of halogens is 1. The zero-order valence-corrected chi connectivity index (χ0v) is 15.5. The Labute approximate surface area is 136 Å². The van der Waals surface area contributed by atoms with Gasteiger partial charge in [-0.2, -0.15) is 0 Å². The number of benzene rings is 1. The number of rotatable bonds is 8. The lowest BCUT2D eigenvalue weighted by Crippen LogP contribution is -2.34. The van der Waals surface area contributed by atoms with Crippen molar-refractivity contribution in [2.24, 2.45) is 5.92 Å². The quantitative estimate of drug-likeness (QED) is 0.731. The van der Waals surface area contributed by atoms with Gasteiger partial charge in [0.25, 0.3) is 0 Å². The van der Waals surface area contributed by atoms with Crippen LogP contribution in [-0.2, 0) is 16.6 Å². The molecule has 1 aromatic carbocycles. The van der Waals surface area contributed by atoms with E-state index in [0.29, 0.717) is 21.8 Å². The first-order chi connectivity index (χ1) is 9.80. The maximum atomic E-state index is 12.4. The molecule has 0 saturated heterocycles. The van der Waals surface area contributed by atoms with E-state index >= 15 is 0 Å². The van der Waals surface area contributed by atoms with E-state index in [1.807, 2.05) is 26.1 Å². The molecule has 0 fully saturated rings. The predicted octanol–water partition coefficient (Wildman–Crippen LogP) is 3.27. The van der Waals surface area contributed by atoms with E-state index in [1.54, 1.807) is 6.07 Å². The van der Waals surface area contributed by atoms with E-state index in [4.69, 9.17) is 0 Å². The molecule has 1 rings (SSSR count). The smallest absolute Gasteiger partial charge is 0.241 e. The molecule has 1 aromatic rings. The van der Waals surface area contributed by atoms with E-state index in [1.165, 1.54) is 0 Å². The number of hydrogen-bond donors (Lipinski definition) is 2. The van der Waals surface area contributed by atoms with Crippen molar-refractivity contribution in [2.75, 3.05) is 7.05 Å². The minimum Gasteiger partial charge on any atom is -0.316 e. The second-order valence-corrected chi connectivity index (χ2v) is 8.10. The van der Waals surface area contributed by atoms with Crippen molar-refractivity contribution in [3.8, 4) is 0 Å². The average molecular weight is 377 g/mol. The van der Waals surface area contributed by atoms with Crippen molar-refractivity contribution in [3.05, 3.63) is 28.2 Å². The highest BCUT2D eigenvalue weighted by Crippen LogP contribution is 2.24. The van der Waals surface area contributed by atoms with Crippen LogP contribution in [0.4, 0.5) is 0 Å². The predicted molar refractivity (Wildman–Crippen MR) is 90.8 cm³/mol. The fourth-order valence-corrected chi connectivity index (χ4v) is 4.60. The Balaban J connectivity index is 2.87. The van der Waals surface area contributed by atoms with E-state index in [9.17, 15) is 8.42 Å². The van der Waals surface area contributed by atoms with Crippen molar-refractivity contribution < 1.29 is 8.42 Å². The largest absolute Gasteiger partial charge is 0.316 e. The molecular weight excluding hydrogens is 352 g/mol. The molecule has 0 radical (unpaired) electrons. The first-order valence-electron chi connectivity index (χ1n) is 7.25. The summed E-state index contributed by atoms with van der Waals surface area (Å²) in [5.41, 5.74) is 1.04. The molecule has 21 heavy (non-hydrogen) atoms. The van der Waals surface area contributed by atoms with Crippen molar-refractivity contribution >= 4 is 26.0 Å².